The molecule has 3 N–H and O–H groups in total. The fourth-order valence-corrected chi connectivity index (χ4v) is 8.46. The molecular formula is C30H34ClF3N2O7S. The second-order valence-corrected chi connectivity index (χ2v) is 15.0. The van der Waals surface area contributed by atoms with Gasteiger partial charge in [0.1, 0.15) is 5.60 Å². The average Bonchev–Trinajstić information content (AvgIpc) is 3.08. The van der Waals surface area contributed by atoms with E-state index in [0.29, 0.717) is 25.0 Å². The number of amides is 2. The number of Topliss-reactive ketones (excluding diaryl/α,β-unsaturated/α-hetero) is 1. The number of ketones is 1. The van der Waals surface area contributed by atoms with Crippen molar-refractivity contribution < 1.29 is 45.8 Å². The van der Waals surface area contributed by atoms with E-state index in [0.717, 1.165) is 6.07 Å². The minimum Gasteiger partial charge on any atom is -0.444 e. The van der Waals surface area contributed by atoms with E-state index in [1.54, 1.807) is 20.8 Å². The Kier molecular flexibility index (Phi) is 9.72. The number of anilines is 1. The van der Waals surface area contributed by atoms with Crippen molar-refractivity contribution in [2.75, 3.05) is 11.9 Å². The first-order valence-corrected chi connectivity index (χ1v) is 16.0. The molecule has 0 saturated heterocycles. The van der Waals surface area contributed by atoms with Crippen molar-refractivity contribution in [3.63, 3.8) is 0 Å². The second kappa shape index (κ2) is 12.7. The molecule has 2 fully saturated rings. The molecule has 2 unspecified atom stereocenters. The third-order valence-corrected chi connectivity index (χ3v) is 10.8. The highest BCUT2D eigenvalue weighted by Gasteiger charge is 2.55. The van der Waals surface area contributed by atoms with Crippen molar-refractivity contribution in [2.24, 2.45) is 11.8 Å². The van der Waals surface area contributed by atoms with Gasteiger partial charge in [-0.15, -0.1) is 0 Å². The van der Waals surface area contributed by atoms with Gasteiger partial charge in [0, 0.05) is 29.8 Å². The molecular weight excluding hydrogens is 625 g/mol. The quantitative estimate of drug-likeness (QED) is 0.299. The molecule has 2 bridgehead atoms. The molecule has 2 aliphatic rings. The van der Waals surface area contributed by atoms with E-state index in [1.165, 1.54) is 12.1 Å². The maximum atomic E-state index is 13.8. The topological polar surface area (TPSA) is 139 Å². The van der Waals surface area contributed by atoms with E-state index >= 15 is 0 Å². The van der Waals surface area contributed by atoms with Crippen molar-refractivity contribution in [3.8, 4) is 0 Å². The normalized spacial score (nSPS) is 23.2. The van der Waals surface area contributed by atoms with Crippen LogP contribution in [0.5, 0.6) is 0 Å². The van der Waals surface area contributed by atoms with Crippen LogP contribution in [-0.2, 0) is 19.4 Å². The zero-order valence-corrected chi connectivity index (χ0v) is 26.0. The lowest BCUT2D eigenvalue weighted by atomic mass is 9.71. The summed E-state index contributed by atoms with van der Waals surface area (Å²) in [6.07, 6.45) is 0.735. The lowest BCUT2D eigenvalue weighted by molar-refractivity contribution is -0.121. The number of carbonyl (C=O) groups excluding carboxylic acids is 3. The van der Waals surface area contributed by atoms with Gasteiger partial charge in [0.2, 0.25) is 0 Å². The number of alkyl carbamates (subject to hydrolysis) is 1. The van der Waals surface area contributed by atoms with E-state index in [1.807, 2.05) is 0 Å². The summed E-state index contributed by atoms with van der Waals surface area (Å²) in [7, 11) is -4.10. The van der Waals surface area contributed by atoms with Gasteiger partial charge in [-0.25, -0.2) is 26.4 Å². The van der Waals surface area contributed by atoms with Crippen LogP contribution in [0.15, 0.2) is 35.2 Å². The number of carbonyl (C=O) groups is 3. The molecule has 2 atom stereocenters. The number of ether oxygens (including phenoxy) is 1. The summed E-state index contributed by atoms with van der Waals surface area (Å²) in [5, 5.41) is 15.1. The Bertz CT molecular complexity index is 1540. The zero-order valence-electron chi connectivity index (χ0n) is 24.4. The smallest absolute Gasteiger partial charge is 0.408 e. The number of hydrogen-bond donors (Lipinski definition) is 3. The molecule has 14 heteroatoms. The number of fused-ring (bicyclic) bond motifs is 2. The maximum Gasteiger partial charge on any atom is 0.408 e. The highest BCUT2D eigenvalue weighted by atomic mass is 35.5. The first-order valence-electron chi connectivity index (χ1n) is 14.1. The minimum absolute atomic E-state index is 0.0123. The van der Waals surface area contributed by atoms with Crippen LogP contribution in [0.1, 0.15) is 69.7 Å². The summed E-state index contributed by atoms with van der Waals surface area (Å²) in [4.78, 5) is 36.8. The van der Waals surface area contributed by atoms with Gasteiger partial charge in [0.25, 0.3) is 5.91 Å². The molecule has 2 aliphatic carbocycles. The van der Waals surface area contributed by atoms with Gasteiger partial charge >= 0.3 is 6.09 Å². The third-order valence-electron chi connectivity index (χ3n) is 8.19. The predicted molar refractivity (Wildman–Crippen MR) is 156 cm³/mol. The number of sulfone groups is 1. The Balaban J connectivity index is 1.42. The number of hydrogen-bond acceptors (Lipinski definition) is 7. The van der Waals surface area contributed by atoms with Gasteiger partial charge in [0.15, 0.2) is 33.1 Å². The fourth-order valence-electron chi connectivity index (χ4n) is 6.06. The van der Waals surface area contributed by atoms with Crippen molar-refractivity contribution in [3.05, 3.63) is 58.4 Å². The van der Waals surface area contributed by atoms with Crippen LogP contribution in [-0.4, -0.2) is 54.3 Å². The molecule has 2 aromatic rings. The number of rotatable bonds is 9. The Labute approximate surface area is 258 Å². The molecule has 2 saturated carbocycles. The molecule has 0 aromatic heterocycles. The van der Waals surface area contributed by atoms with Gasteiger partial charge in [-0.05, 0) is 82.9 Å². The van der Waals surface area contributed by atoms with Crippen molar-refractivity contribution >= 4 is 44.9 Å². The SMILES string of the molecule is CC(C)(C)OC(=O)NCC(=O)CCC1(O)C2CCC1CC(S(=O)(=O)c1cc(C(=O)Nc3cc(F)c(F)c(F)c3)ccc1Cl)C2. The Morgan fingerprint density at radius 3 is 2.20 bits per heavy atom. The predicted octanol–water partition coefficient (Wildman–Crippen LogP) is 5.58. The highest BCUT2D eigenvalue weighted by Crippen LogP contribution is 2.54. The van der Waals surface area contributed by atoms with Crippen molar-refractivity contribution in [1.82, 2.24) is 5.32 Å². The van der Waals surface area contributed by atoms with Crippen LogP contribution in [0.4, 0.5) is 23.7 Å². The Morgan fingerprint density at radius 1 is 1.05 bits per heavy atom. The molecule has 0 heterocycles. The van der Waals surface area contributed by atoms with Crippen LogP contribution in [0, 0.1) is 29.3 Å². The minimum atomic E-state index is -4.10. The van der Waals surface area contributed by atoms with Gasteiger partial charge in [-0.2, -0.15) is 0 Å². The molecule has 2 amide bonds. The van der Waals surface area contributed by atoms with Gasteiger partial charge in [-0.1, -0.05) is 11.6 Å². The fraction of sp³-hybridized carbons (Fsp3) is 0.500. The summed E-state index contributed by atoms with van der Waals surface area (Å²) in [6.45, 7) is 4.83. The molecule has 44 heavy (non-hydrogen) atoms. The van der Waals surface area contributed by atoms with Gasteiger partial charge in [-0.3, -0.25) is 9.59 Å². The van der Waals surface area contributed by atoms with Crippen LogP contribution >= 0.6 is 11.6 Å². The van der Waals surface area contributed by atoms with E-state index in [2.05, 4.69) is 10.6 Å². The van der Waals surface area contributed by atoms with Crippen molar-refractivity contribution in [1.29, 1.82) is 0 Å². The summed E-state index contributed by atoms with van der Waals surface area (Å²) in [5.74, 6) is -6.71. The largest absolute Gasteiger partial charge is 0.444 e. The molecule has 9 nitrogen and oxygen atoms in total. The number of aliphatic hydroxyl groups is 1. The van der Waals surface area contributed by atoms with Crippen LogP contribution in [0.3, 0.4) is 0 Å². The van der Waals surface area contributed by atoms with Gasteiger partial charge in [0.05, 0.1) is 27.3 Å². The molecule has 0 aliphatic heterocycles. The standard InChI is InChI=1S/C30H34ClF3N2O7S/c1-29(2,3)43-28(39)35-15-20(37)8-9-30(40)17-5-6-18(30)12-21(11-17)44(41,42)25-10-16(4-7-22(25)31)27(38)36-19-13-23(32)26(34)24(33)14-19/h4,7,10,13-14,17-18,21,40H,5-6,8-9,11-12,15H2,1-3H3,(H,35,39)(H,36,38). The van der Waals surface area contributed by atoms with Crippen LogP contribution in [0.2, 0.25) is 5.02 Å². The number of halogens is 4. The van der Waals surface area contributed by atoms with E-state index in [4.69, 9.17) is 16.3 Å². The zero-order chi connectivity index (χ0) is 32.6. The van der Waals surface area contributed by atoms with Crippen LogP contribution < -0.4 is 10.6 Å². The molecule has 2 aromatic carbocycles. The maximum absolute atomic E-state index is 13.8. The molecule has 240 valence electrons. The lowest BCUT2D eigenvalue weighted by Crippen LogP contribution is -2.48. The summed E-state index contributed by atoms with van der Waals surface area (Å²) >= 11 is 6.26. The van der Waals surface area contributed by atoms with E-state index in [9.17, 15) is 41.1 Å². The Morgan fingerprint density at radius 2 is 1.64 bits per heavy atom. The van der Waals surface area contributed by atoms with E-state index < -0.39 is 67.6 Å². The monoisotopic (exact) mass is 658 g/mol. The average molecular weight is 659 g/mol. The van der Waals surface area contributed by atoms with E-state index in [-0.39, 0.29) is 59.2 Å². The molecule has 4 rings (SSSR count). The van der Waals surface area contributed by atoms with Crippen LogP contribution in [0.25, 0.3) is 0 Å². The highest BCUT2D eigenvalue weighted by molar-refractivity contribution is 7.92. The van der Waals surface area contributed by atoms with Gasteiger partial charge < -0.3 is 20.5 Å². The summed E-state index contributed by atoms with van der Waals surface area (Å²) in [6, 6.07) is 4.72. The number of nitrogens with one attached hydrogen (secondary N) is 2. The third kappa shape index (κ3) is 7.37. The summed E-state index contributed by atoms with van der Waals surface area (Å²) in [5.41, 5.74) is -2.50. The molecule has 0 radical (unpaired) electrons. The number of benzene rings is 2. The second-order valence-electron chi connectivity index (χ2n) is 12.3. The Hall–Kier alpha value is -3.16. The summed E-state index contributed by atoms with van der Waals surface area (Å²) < 4.78 is 73.1. The first-order chi connectivity index (χ1) is 20.4. The molecule has 0 spiro atoms. The lowest BCUT2D eigenvalue weighted by Gasteiger charge is -2.42. The first kappa shape index (κ1) is 33.7. The van der Waals surface area contributed by atoms with Crippen molar-refractivity contribution in [2.45, 2.75) is 80.6 Å².